The molecule has 0 amide bonds. The Morgan fingerprint density at radius 2 is 1.78 bits per heavy atom. The highest BCUT2D eigenvalue weighted by Gasteiger charge is 2.15. The van der Waals surface area contributed by atoms with Crippen molar-refractivity contribution in [2.24, 2.45) is 0 Å². The summed E-state index contributed by atoms with van der Waals surface area (Å²) >= 11 is 0. The monoisotopic (exact) mass is 312 g/mol. The molecule has 116 valence electrons. The third kappa shape index (κ3) is 2.87. The van der Waals surface area contributed by atoms with Gasteiger partial charge in [0, 0.05) is 5.56 Å². The van der Waals surface area contributed by atoms with E-state index in [-0.39, 0.29) is 5.76 Å². The Bertz CT molecular complexity index is 924. The number of hydrogen-bond acceptors (Lipinski definition) is 5. The summed E-state index contributed by atoms with van der Waals surface area (Å²) in [6.07, 6.45) is 0. The molecule has 1 aromatic heterocycles. The minimum Gasteiger partial charge on any atom is -0.502 e. The first-order valence-electron chi connectivity index (χ1n) is 6.76. The van der Waals surface area contributed by atoms with Gasteiger partial charge in [-0.1, -0.05) is 12.1 Å². The Labute approximate surface area is 130 Å². The largest absolute Gasteiger partial charge is 0.502 e. The number of para-hydroxylation sites is 1. The van der Waals surface area contributed by atoms with Gasteiger partial charge in [0.15, 0.2) is 12.4 Å². The molecule has 6 heteroatoms. The number of rotatable bonds is 4. The van der Waals surface area contributed by atoms with E-state index in [9.17, 15) is 14.7 Å². The van der Waals surface area contributed by atoms with E-state index in [1.54, 1.807) is 36.4 Å². The minimum atomic E-state index is -1.08. The van der Waals surface area contributed by atoms with Gasteiger partial charge in [-0.05, 0) is 36.4 Å². The molecule has 23 heavy (non-hydrogen) atoms. The molecule has 3 rings (SSSR count). The van der Waals surface area contributed by atoms with Crippen LogP contribution in [0.1, 0.15) is 0 Å². The first-order chi connectivity index (χ1) is 11.1. The molecule has 0 fully saturated rings. The Hall–Kier alpha value is -3.28. The molecule has 0 radical (unpaired) electrons. The quantitative estimate of drug-likeness (QED) is 0.768. The van der Waals surface area contributed by atoms with Crippen molar-refractivity contribution in [3.8, 4) is 22.8 Å². The third-order valence-electron chi connectivity index (χ3n) is 3.25. The summed E-state index contributed by atoms with van der Waals surface area (Å²) in [6.45, 7) is -0.449. The van der Waals surface area contributed by atoms with Gasteiger partial charge in [-0.2, -0.15) is 0 Å². The molecule has 0 saturated heterocycles. The molecule has 0 unspecified atom stereocenters. The van der Waals surface area contributed by atoms with Crippen molar-refractivity contribution >= 4 is 16.9 Å². The first-order valence-corrected chi connectivity index (χ1v) is 6.76. The Morgan fingerprint density at radius 3 is 2.48 bits per heavy atom. The van der Waals surface area contributed by atoms with E-state index < -0.39 is 23.8 Å². The highest BCUT2D eigenvalue weighted by atomic mass is 16.5. The van der Waals surface area contributed by atoms with E-state index in [0.29, 0.717) is 22.3 Å². The van der Waals surface area contributed by atoms with E-state index in [0.717, 1.165) is 0 Å². The van der Waals surface area contributed by atoms with Crippen LogP contribution in [0.4, 0.5) is 0 Å². The summed E-state index contributed by atoms with van der Waals surface area (Å²) in [5.41, 5.74) is 0.345. The van der Waals surface area contributed by atoms with Gasteiger partial charge in [-0.3, -0.25) is 4.79 Å². The second kappa shape index (κ2) is 5.84. The van der Waals surface area contributed by atoms with Crippen LogP contribution in [-0.2, 0) is 4.79 Å². The number of carbonyl (C=O) groups is 1. The fourth-order valence-electron chi connectivity index (χ4n) is 2.18. The number of hydrogen-bond donors (Lipinski definition) is 2. The maximum Gasteiger partial charge on any atom is 0.341 e. The van der Waals surface area contributed by atoms with E-state index in [1.807, 2.05) is 0 Å². The molecule has 0 aliphatic carbocycles. The van der Waals surface area contributed by atoms with E-state index >= 15 is 0 Å². The van der Waals surface area contributed by atoms with E-state index in [2.05, 4.69) is 0 Å². The summed E-state index contributed by atoms with van der Waals surface area (Å²) in [6, 6.07) is 12.9. The number of carboxylic acids is 1. The molecule has 2 N–H and O–H groups in total. The molecule has 0 bridgehead atoms. The van der Waals surface area contributed by atoms with Gasteiger partial charge in [0.05, 0.1) is 5.39 Å². The van der Waals surface area contributed by atoms with Crippen LogP contribution in [0.15, 0.2) is 57.7 Å². The second-order valence-corrected chi connectivity index (χ2v) is 4.81. The molecular weight excluding hydrogens is 300 g/mol. The lowest BCUT2D eigenvalue weighted by molar-refractivity contribution is -0.139. The first kappa shape index (κ1) is 14.6. The zero-order chi connectivity index (χ0) is 16.4. The average molecular weight is 312 g/mol. The van der Waals surface area contributed by atoms with E-state index in [4.69, 9.17) is 14.3 Å². The number of ether oxygens (including phenoxy) is 1. The van der Waals surface area contributed by atoms with E-state index in [1.165, 1.54) is 12.1 Å². The predicted molar refractivity (Wildman–Crippen MR) is 82.7 cm³/mol. The summed E-state index contributed by atoms with van der Waals surface area (Å²) < 4.78 is 10.6. The average Bonchev–Trinajstić information content (AvgIpc) is 2.57. The Morgan fingerprint density at radius 1 is 1.09 bits per heavy atom. The maximum absolute atomic E-state index is 12.2. The van der Waals surface area contributed by atoms with Crippen LogP contribution in [-0.4, -0.2) is 22.8 Å². The van der Waals surface area contributed by atoms with Crippen molar-refractivity contribution in [2.45, 2.75) is 0 Å². The van der Waals surface area contributed by atoms with Crippen molar-refractivity contribution in [3.63, 3.8) is 0 Å². The van der Waals surface area contributed by atoms with Crippen LogP contribution >= 0.6 is 0 Å². The van der Waals surface area contributed by atoms with Crippen molar-refractivity contribution in [3.05, 3.63) is 58.8 Å². The maximum atomic E-state index is 12.2. The summed E-state index contributed by atoms with van der Waals surface area (Å²) in [5.74, 6) is -1.13. The SMILES string of the molecule is O=C(O)COc1ccc(-c2oc3ccccc3c(=O)c2O)cc1. The van der Waals surface area contributed by atoms with Gasteiger partial charge in [0.25, 0.3) is 0 Å². The lowest BCUT2D eigenvalue weighted by atomic mass is 10.1. The zero-order valence-corrected chi connectivity index (χ0v) is 11.9. The number of fused-ring (bicyclic) bond motifs is 1. The predicted octanol–water partition coefficient (Wildman–Crippen LogP) is 2.63. The number of benzene rings is 2. The number of aromatic hydroxyl groups is 1. The molecule has 6 nitrogen and oxygen atoms in total. The van der Waals surface area contributed by atoms with Gasteiger partial charge in [-0.25, -0.2) is 4.79 Å². The van der Waals surface area contributed by atoms with Gasteiger partial charge in [-0.15, -0.1) is 0 Å². The highest BCUT2D eigenvalue weighted by molar-refractivity contribution is 5.81. The van der Waals surface area contributed by atoms with Gasteiger partial charge in [0.2, 0.25) is 11.2 Å². The molecule has 0 aliphatic rings. The Balaban J connectivity index is 2.01. The van der Waals surface area contributed by atoms with Crippen LogP contribution in [0.3, 0.4) is 0 Å². The second-order valence-electron chi connectivity index (χ2n) is 4.81. The molecule has 2 aromatic carbocycles. The smallest absolute Gasteiger partial charge is 0.341 e. The molecule has 1 heterocycles. The number of carboxylic acid groups (broad SMARTS) is 1. The van der Waals surface area contributed by atoms with Crippen LogP contribution in [0.25, 0.3) is 22.3 Å². The topological polar surface area (TPSA) is 97.0 Å². The van der Waals surface area contributed by atoms with Crippen LogP contribution < -0.4 is 10.2 Å². The van der Waals surface area contributed by atoms with Crippen LogP contribution in [0, 0.1) is 0 Å². The van der Waals surface area contributed by atoms with Gasteiger partial charge >= 0.3 is 5.97 Å². The fraction of sp³-hybridized carbons (Fsp3) is 0.0588. The lowest BCUT2D eigenvalue weighted by Crippen LogP contribution is -2.09. The summed E-state index contributed by atoms with van der Waals surface area (Å²) in [7, 11) is 0. The standard InChI is InChI=1S/C17H12O6/c18-14(19)9-22-11-7-5-10(6-8-11)17-16(21)15(20)12-3-1-2-4-13(12)23-17/h1-8,21H,9H2,(H,18,19). The summed E-state index contributed by atoms with van der Waals surface area (Å²) in [5, 5.41) is 18.9. The van der Waals surface area contributed by atoms with Crippen LogP contribution in [0.2, 0.25) is 0 Å². The molecule has 0 saturated carbocycles. The zero-order valence-electron chi connectivity index (χ0n) is 11.9. The van der Waals surface area contributed by atoms with Crippen molar-refractivity contribution in [1.29, 1.82) is 0 Å². The van der Waals surface area contributed by atoms with Gasteiger partial charge < -0.3 is 19.4 Å². The summed E-state index contributed by atoms with van der Waals surface area (Å²) in [4.78, 5) is 22.6. The van der Waals surface area contributed by atoms with Crippen molar-refractivity contribution in [2.75, 3.05) is 6.61 Å². The van der Waals surface area contributed by atoms with Crippen molar-refractivity contribution < 1.29 is 24.2 Å². The van der Waals surface area contributed by atoms with Gasteiger partial charge in [0.1, 0.15) is 11.3 Å². The van der Waals surface area contributed by atoms with Crippen LogP contribution in [0.5, 0.6) is 11.5 Å². The molecule has 0 aliphatic heterocycles. The number of aliphatic carboxylic acids is 1. The molecular formula is C17H12O6. The lowest BCUT2D eigenvalue weighted by Gasteiger charge is -2.07. The Kier molecular flexibility index (Phi) is 3.72. The molecule has 0 spiro atoms. The molecule has 0 atom stereocenters. The normalized spacial score (nSPS) is 10.6. The third-order valence-corrected chi connectivity index (χ3v) is 3.25. The van der Waals surface area contributed by atoms with Crippen molar-refractivity contribution in [1.82, 2.24) is 0 Å². The fourth-order valence-corrected chi connectivity index (χ4v) is 2.18. The highest BCUT2D eigenvalue weighted by Crippen LogP contribution is 2.30. The molecule has 3 aromatic rings. The minimum absolute atomic E-state index is 0.0542.